The molecule has 3 rings (SSSR count). The van der Waals surface area contributed by atoms with E-state index in [0.29, 0.717) is 0 Å². The van der Waals surface area contributed by atoms with Gasteiger partial charge < -0.3 is 4.90 Å². The summed E-state index contributed by atoms with van der Waals surface area (Å²) in [6.07, 6.45) is -2.19. The Morgan fingerprint density at radius 2 is 1.50 bits per heavy atom. The molecule has 1 saturated carbocycles. The van der Waals surface area contributed by atoms with Crippen molar-refractivity contribution in [1.82, 2.24) is 9.80 Å². The number of nitrogens with zero attached hydrogens (tertiary/aromatic N) is 2. The van der Waals surface area contributed by atoms with E-state index in [-0.39, 0.29) is 36.4 Å². The van der Waals surface area contributed by atoms with E-state index in [1.165, 1.54) is 0 Å². The molecule has 0 aromatic carbocycles. The number of amides is 1. The summed E-state index contributed by atoms with van der Waals surface area (Å²) in [7, 11) is 0. The molecule has 2 saturated heterocycles. The first-order valence-corrected chi connectivity index (χ1v) is 8.21. The van der Waals surface area contributed by atoms with Crippen LogP contribution in [0.4, 0.5) is 13.2 Å². The van der Waals surface area contributed by atoms with Gasteiger partial charge in [0.05, 0.1) is 5.92 Å². The molecule has 126 valence electrons. The number of fused-ring (bicyclic) bond motifs is 2. The van der Waals surface area contributed by atoms with Gasteiger partial charge in [-0.15, -0.1) is 0 Å². The maximum Gasteiger partial charge on any atom is 0.391 e. The van der Waals surface area contributed by atoms with E-state index in [4.69, 9.17) is 0 Å². The third kappa shape index (κ3) is 2.74. The van der Waals surface area contributed by atoms with Gasteiger partial charge in [0.1, 0.15) is 0 Å². The summed E-state index contributed by atoms with van der Waals surface area (Å²) in [6, 6.07) is 0.380. The van der Waals surface area contributed by atoms with Crippen molar-refractivity contribution in [3.63, 3.8) is 0 Å². The Bertz CT molecular complexity index is 437. The Balaban J connectivity index is 1.62. The van der Waals surface area contributed by atoms with E-state index < -0.39 is 18.0 Å². The third-order valence-electron chi connectivity index (χ3n) is 5.64. The van der Waals surface area contributed by atoms with Gasteiger partial charge in [0, 0.05) is 36.6 Å². The number of halogens is 3. The zero-order chi connectivity index (χ0) is 16.3. The molecule has 6 heteroatoms. The molecule has 2 aliphatic heterocycles. The quantitative estimate of drug-likeness (QED) is 0.742. The Morgan fingerprint density at radius 3 is 1.91 bits per heavy atom. The fraction of sp³-hybridized carbons (Fsp3) is 0.938. The van der Waals surface area contributed by atoms with Crippen LogP contribution in [0.25, 0.3) is 0 Å². The van der Waals surface area contributed by atoms with E-state index in [1.807, 2.05) is 4.90 Å². The molecule has 0 spiro atoms. The average molecular weight is 318 g/mol. The Morgan fingerprint density at radius 1 is 1.00 bits per heavy atom. The number of carbonyl (C=O) groups excluding carboxylic acids is 1. The highest BCUT2D eigenvalue weighted by Gasteiger charge is 2.53. The van der Waals surface area contributed by atoms with Gasteiger partial charge >= 0.3 is 6.18 Å². The van der Waals surface area contributed by atoms with Crippen molar-refractivity contribution in [2.75, 3.05) is 13.1 Å². The normalized spacial score (nSPS) is 36.4. The Labute approximate surface area is 129 Å². The predicted molar refractivity (Wildman–Crippen MR) is 77.3 cm³/mol. The molecule has 2 heterocycles. The first-order chi connectivity index (χ1) is 10.1. The second-order valence-corrected chi connectivity index (χ2v) is 8.11. The summed E-state index contributed by atoms with van der Waals surface area (Å²) < 4.78 is 37.8. The maximum absolute atomic E-state index is 12.6. The monoisotopic (exact) mass is 318 g/mol. The van der Waals surface area contributed by atoms with Crippen LogP contribution < -0.4 is 0 Å². The summed E-state index contributed by atoms with van der Waals surface area (Å²) in [5.41, 5.74) is 0.0772. The van der Waals surface area contributed by atoms with Crippen LogP contribution in [0.15, 0.2) is 0 Å². The molecule has 2 bridgehead atoms. The third-order valence-corrected chi connectivity index (χ3v) is 5.64. The molecule has 1 amide bonds. The van der Waals surface area contributed by atoms with E-state index in [9.17, 15) is 18.0 Å². The molecule has 3 aliphatic rings. The van der Waals surface area contributed by atoms with E-state index in [2.05, 4.69) is 25.7 Å². The lowest BCUT2D eigenvalue weighted by Gasteiger charge is -2.48. The SMILES string of the molecule is CC(C)(C)N1CC2CCC(C1)N2C(=O)[C@H]1C[C@@H](C(F)(F)F)C1. The van der Waals surface area contributed by atoms with Crippen molar-refractivity contribution in [3.05, 3.63) is 0 Å². The minimum absolute atomic E-state index is 0.0126. The lowest BCUT2D eigenvalue weighted by atomic mass is 9.73. The van der Waals surface area contributed by atoms with Gasteiger partial charge in [0.2, 0.25) is 5.91 Å². The zero-order valence-electron chi connectivity index (χ0n) is 13.5. The van der Waals surface area contributed by atoms with E-state index in [1.54, 1.807) is 0 Å². The number of rotatable bonds is 1. The Hall–Kier alpha value is -0.780. The van der Waals surface area contributed by atoms with Gasteiger partial charge in [0.25, 0.3) is 0 Å². The minimum Gasteiger partial charge on any atom is -0.334 e. The fourth-order valence-electron chi connectivity index (χ4n) is 4.11. The first kappa shape index (κ1) is 16.1. The standard InChI is InChI=1S/C16H25F3N2O/c1-15(2,3)20-8-12-4-5-13(9-20)21(12)14(22)10-6-11(7-10)16(17,18)19/h10-13H,4-9H2,1-3H3/t10-,11+,12?,13?. The first-order valence-electron chi connectivity index (χ1n) is 8.21. The van der Waals surface area contributed by atoms with Crippen molar-refractivity contribution >= 4 is 5.91 Å². The second-order valence-electron chi connectivity index (χ2n) is 8.11. The summed E-state index contributed by atoms with van der Waals surface area (Å²) in [6.45, 7) is 8.21. The zero-order valence-corrected chi connectivity index (χ0v) is 13.5. The van der Waals surface area contributed by atoms with Crippen LogP contribution in [0.2, 0.25) is 0 Å². The van der Waals surface area contributed by atoms with Gasteiger partial charge in [0.15, 0.2) is 0 Å². The van der Waals surface area contributed by atoms with Crippen LogP contribution in [0.5, 0.6) is 0 Å². The van der Waals surface area contributed by atoms with Crippen LogP contribution in [0, 0.1) is 11.8 Å². The lowest BCUT2D eigenvalue weighted by molar-refractivity contribution is -0.207. The molecule has 2 atom stereocenters. The van der Waals surface area contributed by atoms with E-state index in [0.717, 1.165) is 25.9 Å². The molecular weight excluding hydrogens is 293 g/mol. The highest BCUT2D eigenvalue weighted by Crippen LogP contribution is 2.46. The van der Waals surface area contributed by atoms with Crippen molar-refractivity contribution in [2.24, 2.45) is 11.8 Å². The minimum atomic E-state index is -4.14. The van der Waals surface area contributed by atoms with Crippen molar-refractivity contribution in [2.45, 2.75) is 70.3 Å². The van der Waals surface area contributed by atoms with Gasteiger partial charge in [-0.3, -0.25) is 9.69 Å². The fourth-order valence-corrected chi connectivity index (χ4v) is 4.11. The second kappa shape index (κ2) is 5.11. The highest BCUT2D eigenvalue weighted by molar-refractivity contribution is 5.81. The highest BCUT2D eigenvalue weighted by atomic mass is 19.4. The molecule has 22 heavy (non-hydrogen) atoms. The molecule has 0 aromatic heterocycles. The number of carbonyl (C=O) groups is 1. The number of hydrogen-bond acceptors (Lipinski definition) is 2. The van der Waals surface area contributed by atoms with Gasteiger partial charge in [-0.05, 0) is 46.5 Å². The van der Waals surface area contributed by atoms with Crippen LogP contribution in [0.3, 0.4) is 0 Å². The number of hydrogen-bond donors (Lipinski definition) is 0. The molecule has 0 aromatic rings. The van der Waals surface area contributed by atoms with Crippen molar-refractivity contribution < 1.29 is 18.0 Å². The van der Waals surface area contributed by atoms with Crippen LogP contribution in [-0.2, 0) is 4.79 Å². The topological polar surface area (TPSA) is 23.6 Å². The van der Waals surface area contributed by atoms with Gasteiger partial charge in [-0.25, -0.2) is 0 Å². The number of alkyl halides is 3. The lowest BCUT2D eigenvalue weighted by Crippen LogP contribution is -2.61. The maximum atomic E-state index is 12.6. The Kier molecular flexibility index (Phi) is 3.74. The molecule has 0 N–H and O–H groups in total. The van der Waals surface area contributed by atoms with Gasteiger partial charge in [-0.2, -0.15) is 13.2 Å². The van der Waals surface area contributed by atoms with Crippen molar-refractivity contribution in [3.8, 4) is 0 Å². The molecule has 3 nitrogen and oxygen atoms in total. The summed E-state index contributed by atoms with van der Waals surface area (Å²) in [5.74, 6) is -1.70. The van der Waals surface area contributed by atoms with Crippen LogP contribution in [0.1, 0.15) is 46.5 Å². The summed E-state index contributed by atoms with van der Waals surface area (Å²) in [4.78, 5) is 16.9. The molecule has 3 fully saturated rings. The predicted octanol–water partition coefficient (Wildman–Crippen LogP) is 3.05. The smallest absolute Gasteiger partial charge is 0.334 e. The van der Waals surface area contributed by atoms with Crippen LogP contribution in [-0.4, -0.2) is 52.6 Å². The van der Waals surface area contributed by atoms with Crippen LogP contribution >= 0.6 is 0 Å². The summed E-state index contributed by atoms with van der Waals surface area (Å²) >= 11 is 0. The molecule has 1 aliphatic carbocycles. The van der Waals surface area contributed by atoms with Crippen molar-refractivity contribution in [1.29, 1.82) is 0 Å². The number of piperazine rings is 1. The molecule has 2 unspecified atom stereocenters. The summed E-state index contributed by atoms with van der Waals surface area (Å²) in [5, 5.41) is 0. The van der Waals surface area contributed by atoms with E-state index >= 15 is 0 Å². The average Bonchev–Trinajstić information content (AvgIpc) is 2.54. The number of likely N-dealkylation sites (tertiary alicyclic amines) is 1. The largest absolute Gasteiger partial charge is 0.391 e. The molecule has 0 radical (unpaired) electrons. The van der Waals surface area contributed by atoms with Gasteiger partial charge in [-0.1, -0.05) is 0 Å². The molecular formula is C16H25F3N2O.